The Morgan fingerprint density at radius 3 is 2.40 bits per heavy atom. The first-order chi connectivity index (χ1) is 14.3. The lowest BCUT2D eigenvalue weighted by atomic mass is 9.99. The summed E-state index contributed by atoms with van der Waals surface area (Å²) in [6, 6.07) is 12.8. The van der Waals surface area contributed by atoms with Gasteiger partial charge in [-0.15, -0.1) is 0 Å². The number of aliphatic hydroxyl groups excluding tert-OH is 1. The van der Waals surface area contributed by atoms with E-state index in [0.29, 0.717) is 26.9 Å². The van der Waals surface area contributed by atoms with Crippen molar-refractivity contribution in [1.82, 2.24) is 10.5 Å². The van der Waals surface area contributed by atoms with Crippen LogP contribution in [-0.2, 0) is 11.2 Å². The van der Waals surface area contributed by atoms with Crippen LogP contribution in [0.4, 0.5) is 0 Å². The third-order valence-electron chi connectivity index (χ3n) is 4.49. The highest BCUT2D eigenvalue weighted by atomic mass is 35.5. The Morgan fingerprint density at radius 2 is 1.80 bits per heavy atom. The maximum absolute atomic E-state index is 13.1. The molecule has 2 unspecified atom stereocenters. The largest absolute Gasteiger partial charge is 0.381 e. The molecule has 156 valence electrons. The topological polar surface area (TPSA) is 118 Å². The number of amides is 2. The van der Waals surface area contributed by atoms with Crippen molar-refractivity contribution in [3.63, 3.8) is 0 Å². The summed E-state index contributed by atoms with van der Waals surface area (Å²) in [5, 5.41) is 17.6. The van der Waals surface area contributed by atoms with Crippen LogP contribution in [0.25, 0.3) is 11.3 Å². The number of hydrogen-bond acceptors (Lipinski definition) is 5. The fourth-order valence-electron chi connectivity index (χ4n) is 3.09. The molecule has 1 heterocycles. The first-order valence-corrected chi connectivity index (χ1v) is 9.76. The number of nitrogens with one attached hydrogen (secondary N) is 1. The van der Waals surface area contributed by atoms with Crippen LogP contribution in [0.2, 0.25) is 10.0 Å². The molecule has 4 N–H and O–H groups in total. The van der Waals surface area contributed by atoms with Crippen molar-refractivity contribution in [1.29, 1.82) is 0 Å². The van der Waals surface area contributed by atoms with Crippen molar-refractivity contribution in [2.75, 3.05) is 0 Å². The first-order valence-electron chi connectivity index (χ1n) is 9.01. The second-order valence-corrected chi connectivity index (χ2v) is 7.62. The molecule has 2 aromatic carbocycles. The second kappa shape index (κ2) is 9.30. The van der Waals surface area contributed by atoms with Gasteiger partial charge in [-0.25, -0.2) is 0 Å². The van der Waals surface area contributed by atoms with E-state index in [1.54, 1.807) is 49.4 Å². The van der Waals surface area contributed by atoms with Crippen LogP contribution in [-0.4, -0.2) is 34.2 Å². The Balaban J connectivity index is 1.91. The summed E-state index contributed by atoms with van der Waals surface area (Å²) in [7, 11) is 0. The summed E-state index contributed by atoms with van der Waals surface area (Å²) < 4.78 is 5.34. The van der Waals surface area contributed by atoms with Crippen molar-refractivity contribution < 1.29 is 19.2 Å². The molecular weight excluding hydrogens is 429 g/mol. The monoisotopic (exact) mass is 447 g/mol. The van der Waals surface area contributed by atoms with E-state index in [1.165, 1.54) is 0 Å². The van der Waals surface area contributed by atoms with Gasteiger partial charge in [-0.2, -0.15) is 0 Å². The van der Waals surface area contributed by atoms with E-state index in [1.807, 2.05) is 6.07 Å². The van der Waals surface area contributed by atoms with Crippen LogP contribution >= 0.6 is 23.2 Å². The van der Waals surface area contributed by atoms with Gasteiger partial charge < -0.3 is 20.7 Å². The average Bonchev–Trinajstić information content (AvgIpc) is 3.08. The van der Waals surface area contributed by atoms with Crippen molar-refractivity contribution in [2.45, 2.75) is 25.5 Å². The van der Waals surface area contributed by atoms with Gasteiger partial charge in [-0.1, -0.05) is 58.7 Å². The van der Waals surface area contributed by atoms with Crippen molar-refractivity contribution in [3.8, 4) is 11.3 Å². The average molecular weight is 448 g/mol. The van der Waals surface area contributed by atoms with Crippen LogP contribution in [0.5, 0.6) is 0 Å². The SMILES string of the molecule is Cc1noc(-c2ccccc2)c1C(=O)NC(Cc1cc(Cl)cc(Cl)c1)C(O)C(N)=O. The third-order valence-corrected chi connectivity index (χ3v) is 4.93. The molecule has 0 aliphatic heterocycles. The lowest BCUT2D eigenvalue weighted by molar-refractivity contribution is -0.127. The molecule has 30 heavy (non-hydrogen) atoms. The number of primary amides is 1. The van der Waals surface area contributed by atoms with Gasteiger partial charge in [-0.3, -0.25) is 9.59 Å². The predicted molar refractivity (Wildman–Crippen MR) is 113 cm³/mol. The molecule has 0 saturated carbocycles. The zero-order chi connectivity index (χ0) is 21.8. The van der Waals surface area contributed by atoms with E-state index >= 15 is 0 Å². The van der Waals surface area contributed by atoms with Gasteiger partial charge in [0.2, 0.25) is 5.91 Å². The number of nitrogens with two attached hydrogens (primary N) is 1. The number of hydrogen-bond donors (Lipinski definition) is 3. The maximum Gasteiger partial charge on any atom is 0.257 e. The molecular formula is C21H19Cl2N3O4. The Hall–Kier alpha value is -2.87. The van der Waals surface area contributed by atoms with Crippen LogP contribution in [0, 0.1) is 6.92 Å². The van der Waals surface area contributed by atoms with Crippen molar-refractivity contribution >= 4 is 35.0 Å². The molecule has 0 saturated heterocycles. The van der Waals surface area contributed by atoms with E-state index < -0.39 is 24.0 Å². The molecule has 0 spiro atoms. The Morgan fingerprint density at radius 1 is 1.17 bits per heavy atom. The molecule has 0 bridgehead atoms. The molecule has 0 aliphatic rings. The van der Waals surface area contributed by atoms with Gasteiger partial charge in [0.15, 0.2) is 11.9 Å². The number of rotatable bonds is 7. The van der Waals surface area contributed by atoms with E-state index in [-0.39, 0.29) is 17.7 Å². The number of aryl methyl sites for hydroxylation is 1. The third kappa shape index (κ3) is 4.99. The summed E-state index contributed by atoms with van der Waals surface area (Å²) in [5.74, 6) is -1.26. The standard InChI is InChI=1S/C21H19Cl2N3O4/c1-11-17(19(30-26-11)13-5-3-2-4-6-13)21(29)25-16(18(27)20(24)28)9-12-7-14(22)10-15(23)8-12/h2-8,10,16,18,27H,9H2,1H3,(H2,24,28)(H,25,29). The quantitative estimate of drug-likeness (QED) is 0.513. The highest BCUT2D eigenvalue weighted by Gasteiger charge is 2.30. The summed E-state index contributed by atoms with van der Waals surface area (Å²) in [5.41, 5.74) is 7.12. The van der Waals surface area contributed by atoms with Crippen LogP contribution in [0.1, 0.15) is 21.6 Å². The van der Waals surface area contributed by atoms with Crippen molar-refractivity contribution in [3.05, 3.63) is 75.4 Å². The molecule has 0 fully saturated rings. The summed E-state index contributed by atoms with van der Waals surface area (Å²) in [4.78, 5) is 24.7. The minimum absolute atomic E-state index is 0.0706. The number of carbonyl (C=O) groups excluding carboxylic acids is 2. The minimum atomic E-state index is -1.63. The van der Waals surface area contributed by atoms with Crippen LogP contribution in [0.3, 0.4) is 0 Å². The van der Waals surface area contributed by atoms with Gasteiger partial charge in [0, 0.05) is 15.6 Å². The summed E-state index contributed by atoms with van der Waals surface area (Å²) in [6.07, 6.45) is -1.56. The van der Waals surface area contributed by atoms with Gasteiger partial charge in [0.25, 0.3) is 5.91 Å². The Labute approximate surface area is 182 Å². The second-order valence-electron chi connectivity index (χ2n) is 6.75. The number of nitrogens with zero attached hydrogens (tertiary/aromatic N) is 1. The highest BCUT2D eigenvalue weighted by Crippen LogP contribution is 2.26. The smallest absolute Gasteiger partial charge is 0.257 e. The summed E-state index contributed by atoms with van der Waals surface area (Å²) >= 11 is 12.1. The number of aromatic nitrogens is 1. The molecule has 9 heteroatoms. The molecule has 0 aliphatic carbocycles. The number of carbonyl (C=O) groups is 2. The molecule has 3 aromatic rings. The van der Waals surface area contributed by atoms with Crippen molar-refractivity contribution in [2.24, 2.45) is 5.73 Å². The molecule has 2 atom stereocenters. The van der Waals surface area contributed by atoms with E-state index in [4.69, 9.17) is 33.5 Å². The molecule has 2 amide bonds. The van der Waals surface area contributed by atoms with Gasteiger partial charge in [0.1, 0.15) is 5.56 Å². The number of halogens is 2. The molecule has 0 radical (unpaired) electrons. The zero-order valence-electron chi connectivity index (χ0n) is 15.9. The van der Waals surface area contributed by atoms with Gasteiger partial charge in [0.05, 0.1) is 11.7 Å². The summed E-state index contributed by atoms with van der Waals surface area (Å²) in [6.45, 7) is 1.63. The molecule has 3 rings (SSSR count). The van der Waals surface area contributed by atoms with E-state index in [0.717, 1.165) is 0 Å². The van der Waals surface area contributed by atoms with Crippen LogP contribution < -0.4 is 11.1 Å². The zero-order valence-corrected chi connectivity index (χ0v) is 17.4. The molecule has 1 aromatic heterocycles. The fourth-order valence-corrected chi connectivity index (χ4v) is 3.66. The Kier molecular flexibility index (Phi) is 6.77. The van der Waals surface area contributed by atoms with Gasteiger partial charge in [-0.05, 0) is 37.1 Å². The van der Waals surface area contributed by atoms with E-state index in [9.17, 15) is 14.7 Å². The minimum Gasteiger partial charge on any atom is -0.381 e. The number of aliphatic hydroxyl groups is 1. The Bertz CT molecular complexity index is 1050. The lowest BCUT2D eigenvalue weighted by Crippen LogP contribution is -2.50. The van der Waals surface area contributed by atoms with Gasteiger partial charge >= 0.3 is 0 Å². The number of benzene rings is 2. The highest BCUT2D eigenvalue weighted by molar-refractivity contribution is 6.34. The lowest BCUT2D eigenvalue weighted by Gasteiger charge is -2.22. The van der Waals surface area contributed by atoms with E-state index in [2.05, 4.69) is 10.5 Å². The fraction of sp³-hybridized carbons (Fsp3) is 0.190. The predicted octanol–water partition coefficient (Wildman–Crippen LogP) is 3.14. The maximum atomic E-state index is 13.1. The normalized spacial score (nSPS) is 12.9. The first kappa shape index (κ1) is 21.8. The molecule has 7 nitrogen and oxygen atoms in total. The van der Waals surface area contributed by atoms with Crippen LogP contribution in [0.15, 0.2) is 53.1 Å².